The van der Waals surface area contributed by atoms with Crippen LogP contribution in [0.15, 0.2) is 49.1 Å². The van der Waals surface area contributed by atoms with Crippen molar-refractivity contribution in [3.63, 3.8) is 0 Å². The van der Waals surface area contributed by atoms with Gasteiger partial charge < -0.3 is 9.47 Å². The lowest BCUT2D eigenvalue weighted by Gasteiger charge is -2.06. The second-order valence-electron chi connectivity index (χ2n) is 4.36. The first-order valence-corrected chi connectivity index (χ1v) is 6.35. The quantitative estimate of drug-likeness (QED) is 0.686. The van der Waals surface area contributed by atoms with Crippen LogP contribution in [0.1, 0.15) is 16.1 Å². The Kier molecular flexibility index (Phi) is 3.51. The first kappa shape index (κ1) is 13.1. The topological polar surface area (TPSA) is 65.7 Å². The van der Waals surface area contributed by atoms with Gasteiger partial charge in [0, 0.05) is 12.4 Å². The zero-order valence-electron chi connectivity index (χ0n) is 11.4. The molecule has 0 saturated heterocycles. The predicted octanol–water partition coefficient (Wildman–Crippen LogP) is 2.09. The van der Waals surface area contributed by atoms with Gasteiger partial charge in [0.1, 0.15) is 18.0 Å². The van der Waals surface area contributed by atoms with Gasteiger partial charge in [0.25, 0.3) is 0 Å². The van der Waals surface area contributed by atoms with E-state index in [1.54, 1.807) is 43.0 Å². The third-order valence-corrected chi connectivity index (χ3v) is 3.02. The highest BCUT2D eigenvalue weighted by Gasteiger charge is 2.09. The smallest absolute Gasteiger partial charge is 0.339 e. The summed E-state index contributed by atoms with van der Waals surface area (Å²) in [5.74, 6) is 0.293. The summed E-state index contributed by atoms with van der Waals surface area (Å²) in [6, 6.07) is 7.08. The van der Waals surface area contributed by atoms with Crippen molar-refractivity contribution in [3.05, 3.63) is 60.3 Å². The number of hydrogen-bond acceptors (Lipinski definition) is 5. The lowest BCUT2D eigenvalue weighted by molar-refractivity contribution is 0.0600. The molecule has 0 aliphatic rings. The number of rotatable bonds is 4. The molecule has 0 bridgehead atoms. The first-order valence-electron chi connectivity index (χ1n) is 6.35. The Morgan fingerprint density at radius 2 is 2.19 bits per heavy atom. The van der Waals surface area contributed by atoms with Gasteiger partial charge in [-0.1, -0.05) is 0 Å². The molecule has 0 aromatic carbocycles. The van der Waals surface area contributed by atoms with Gasteiger partial charge in [0.05, 0.1) is 30.8 Å². The van der Waals surface area contributed by atoms with Gasteiger partial charge in [0.15, 0.2) is 0 Å². The summed E-state index contributed by atoms with van der Waals surface area (Å²) in [6.07, 6.45) is 6.73. The van der Waals surface area contributed by atoms with E-state index in [2.05, 4.69) is 9.97 Å². The van der Waals surface area contributed by atoms with E-state index < -0.39 is 0 Å². The van der Waals surface area contributed by atoms with Crippen molar-refractivity contribution < 1.29 is 14.3 Å². The van der Waals surface area contributed by atoms with Crippen LogP contribution in [0.25, 0.3) is 5.65 Å². The molecule has 0 N–H and O–H groups in total. The van der Waals surface area contributed by atoms with Crippen molar-refractivity contribution in [1.82, 2.24) is 14.4 Å². The highest BCUT2D eigenvalue weighted by atomic mass is 16.5. The minimum Gasteiger partial charge on any atom is -0.486 e. The molecule has 0 spiro atoms. The van der Waals surface area contributed by atoms with Crippen molar-refractivity contribution in [1.29, 1.82) is 0 Å². The van der Waals surface area contributed by atoms with Crippen molar-refractivity contribution in [2.45, 2.75) is 6.61 Å². The maximum absolute atomic E-state index is 11.6. The van der Waals surface area contributed by atoms with Crippen molar-refractivity contribution >= 4 is 11.6 Å². The Morgan fingerprint density at radius 3 is 2.95 bits per heavy atom. The van der Waals surface area contributed by atoms with Crippen LogP contribution in [0.2, 0.25) is 0 Å². The van der Waals surface area contributed by atoms with E-state index in [1.165, 1.54) is 7.11 Å². The highest BCUT2D eigenvalue weighted by Crippen LogP contribution is 2.13. The van der Waals surface area contributed by atoms with Crippen LogP contribution in [-0.2, 0) is 11.3 Å². The fraction of sp³-hybridized carbons (Fsp3) is 0.133. The third kappa shape index (κ3) is 2.69. The second-order valence-corrected chi connectivity index (χ2v) is 4.36. The normalized spacial score (nSPS) is 10.5. The summed E-state index contributed by atoms with van der Waals surface area (Å²) < 4.78 is 12.2. The molecule has 3 aromatic heterocycles. The molecule has 6 heteroatoms. The van der Waals surface area contributed by atoms with E-state index >= 15 is 0 Å². The van der Waals surface area contributed by atoms with Crippen molar-refractivity contribution in [2.75, 3.05) is 7.11 Å². The van der Waals surface area contributed by atoms with Crippen molar-refractivity contribution in [3.8, 4) is 5.75 Å². The number of carbonyl (C=O) groups excluding carboxylic acids is 1. The van der Waals surface area contributed by atoms with E-state index in [4.69, 9.17) is 9.47 Å². The number of nitrogens with zero attached hydrogens (tertiary/aromatic N) is 3. The van der Waals surface area contributed by atoms with Crippen LogP contribution < -0.4 is 4.74 Å². The zero-order valence-corrected chi connectivity index (χ0v) is 11.4. The highest BCUT2D eigenvalue weighted by molar-refractivity contribution is 5.89. The Morgan fingerprint density at radius 1 is 1.29 bits per heavy atom. The maximum Gasteiger partial charge on any atom is 0.339 e. The molecule has 3 heterocycles. The summed E-state index contributed by atoms with van der Waals surface area (Å²) in [5.41, 5.74) is 2.04. The first-order chi connectivity index (χ1) is 10.3. The third-order valence-electron chi connectivity index (χ3n) is 3.02. The Hall–Kier alpha value is -2.89. The fourth-order valence-corrected chi connectivity index (χ4v) is 1.97. The van der Waals surface area contributed by atoms with E-state index in [0.29, 0.717) is 17.9 Å². The molecule has 0 amide bonds. The number of esters is 1. The molecule has 0 unspecified atom stereocenters. The lowest BCUT2D eigenvalue weighted by Crippen LogP contribution is -2.05. The summed E-state index contributed by atoms with van der Waals surface area (Å²) in [4.78, 5) is 19.8. The minimum absolute atomic E-state index is 0.331. The molecule has 0 fully saturated rings. The fourth-order valence-electron chi connectivity index (χ4n) is 1.97. The van der Waals surface area contributed by atoms with Gasteiger partial charge in [-0.2, -0.15) is 0 Å². The van der Waals surface area contributed by atoms with Crippen LogP contribution in [0, 0.1) is 0 Å². The maximum atomic E-state index is 11.6. The molecule has 0 saturated carbocycles. The molecule has 3 aromatic rings. The number of aromatic nitrogens is 3. The number of methoxy groups -OCH3 is 1. The lowest BCUT2D eigenvalue weighted by atomic mass is 10.3. The Bertz CT molecular complexity index is 768. The SMILES string of the molecule is COC(=O)c1ccc2ncc(COc3cccnc3)n2c1. The van der Waals surface area contributed by atoms with Gasteiger partial charge in [-0.15, -0.1) is 0 Å². The number of hydrogen-bond donors (Lipinski definition) is 0. The van der Waals surface area contributed by atoms with Gasteiger partial charge in [-0.25, -0.2) is 9.78 Å². The van der Waals surface area contributed by atoms with Gasteiger partial charge in [0.2, 0.25) is 0 Å². The summed E-state index contributed by atoms with van der Waals surface area (Å²) in [6.45, 7) is 0.331. The second kappa shape index (κ2) is 5.62. The number of ether oxygens (including phenoxy) is 2. The molecule has 6 nitrogen and oxygen atoms in total. The van der Waals surface area contributed by atoms with E-state index in [0.717, 1.165) is 11.3 Å². The van der Waals surface area contributed by atoms with Crippen LogP contribution in [0.4, 0.5) is 0 Å². The van der Waals surface area contributed by atoms with Crippen LogP contribution in [0.3, 0.4) is 0 Å². The Balaban J connectivity index is 1.86. The minimum atomic E-state index is -0.385. The van der Waals surface area contributed by atoms with Crippen LogP contribution in [-0.4, -0.2) is 27.4 Å². The van der Waals surface area contributed by atoms with Gasteiger partial charge in [-0.3, -0.25) is 9.38 Å². The molecule has 0 aliphatic heterocycles. The molecule has 0 aliphatic carbocycles. The standard InChI is InChI=1S/C15H13N3O3/c1-20-15(19)11-4-5-14-17-7-12(18(14)9-11)10-21-13-3-2-6-16-8-13/h2-9H,10H2,1H3. The summed E-state index contributed by atoms with van der Waals surface area (Å²) in [7, 11) is 1.35. The zero-order chi connectivity index (χ0) is 14.7. The number of pyridine rings is 2. The van der Waals surface area contributed by atoms with Gasteiger partial charge in [-0.05, 0) is 24.3 Å². The molecule has 0 radical (unpaired) electrons. The molecular weight excluding hydrogens is 270 g/mol. The van der Waals surface area contributed by atoms with Gasteiger partial charge >= 0.3 is 5.97 Å². The predicted molar refractivity (Wildman–Crippen MR) is 75.1 cm³/mol. The number of carbonyl (C=O) groups is 1. The Labute approximate surface area is 121 Å². The molecule has 3 rings (SSSR count). The molecule has 21 heavy (non-hydrogen) atoms. The summed E-state index contributed by atoms with van der Waals surface area (Å²) in [5, 5.41) is 0. The molecular formula is C15H13N3O3. The average molecular weight is 283 g/mol. The molecule has 0 atom stereocenters. The van der Waals surface area contributed by atoms with E-state index in [1.807, 2.05) is 10.5 Å². The number of imidazole rings is 1. The van der Waals surface area contributed by atoms with E-state index in [9.17, 15) is 4.79 Å². The number of fused-ring (bicyclic) bond motifs is 1. The largest absolute Gasteiger partial charge is 0.486 e. The average Bonchev–Trinajstić information content (AvgIpc) is 2.95. The van der Waals surface area contributed by atoms with Crippen molar-refractivity contribution in [2.24, 2.45) is 0 Å². The molecule has 106 valence electrons. The monoisotopic (exact) mass is 283 g/mol. The van der Waals surface area contributed by atoms with E-state index in [-0.39, 0.29) is 5.97 Å². The summed E-state index contributed by atoms with van der Waals surface area (Å²) >= 11 is 0. The van der Waals surface area contributed by atoms with Crippen LogP contribution in [0.5, 0.6) is 5.75 Å². The van der Waals surface area contributed by atoms with Crippen LogP contribution >= 0.6 is 0 Å².